The third-order valence-electron chi connectivity index (χ3n) is 2.87. The Balaban J connectivity index is 2.25. The number of benzene rings is 1. The first-order chi connectivity index (χ1) is 9.80. The van der Waals surface area contributed by atoms with Crippen molar-refractivity contribution in [1.82, 2.24) is 4.98 Å². The zero-order valence-electron chi connectivity index (χ0n) is 11.4. The number of hydrogen-bond acceptors (Lipinski definition) is 5. The molecule has 5 nitrogen and oxygen atoms in total. The highest BCUT2D eigenvalue weighted by molar-refractivity contribution is 5.66. The average molecular weight is 269 g/mol. The van der Waals surface area contributed by atoms with Crippen LogP contribution in [0.5, 0.6) is 11.6 Å². The summed E-state index contributed by atoms with van der Waals surface area (Å²) < 4.78 is 10.5. The summed E-state index contributed by atoms with van der Waals surface area (Å²) in [5.41, 5.74) is 2.11. The van der Waals surface area contributed by atoms with E-state index in [-0.39, 0.29) is 0 Å². The monoisotopic (exact) mass is 269 g/mol. The summed E-state index contributed by atoms with van der Waals surface area (Å²) in [5.74, 6) is 1.19. The molecule has 0 aliphatic rings. The minimum Gasteiger partial charge on any atom is -0.495 e. The molecule has 0 spiro atoms. The summed E-state index contributed by atoms with van der Waals surface area (Å²) in [5, 5.41) is 12.4. The lowest BCUT2D eigenvalue weighted by molar-refractivity contribution is 0.393. The van der Waals surface area contributed by atoms with Gasteiger partial charge in [-0.1, -0.05) is 12.1 Å². The summed E-state index contributed by atoms with van der Waals surface area (Å²) >= 11 is 0. The lowest BCUT2D eigenvalue weighted by atomic mass is 10.1. The number of pyridine rings is 1. The summed E-state index contributed by atoms with van der Waals surface area (Å²) in [7, 11) is 3.15. The van der Waals surface area contributed by atoms with Gasteiger partial charge in [0.2, 0.25) is 5.88 Å². The molecule has 0 fully saturated rings. The average Bonchev–Trinajstić information content (AvgIpc) is 2.52. The van der Waals surface area contributed by atoms with E-state index in [1.54, 1.807) is 32.5 Å². The van der Waals surface area contributed by atoms with E-state index < -0.39 is 0 Å². The number of hydrogen-bond donors (Lipinski definition) is 1. The SMILES string of the molecule is COc1cccc(C#N)c1NCc1cccnc1OC. The molecule has 1 aromatic carbocycles. The van der Waals surface area contributed by atoms with Crippen molar-refractivity contribution >= 4 is 5.69 Å². The molecular formula is C15H15N3O2. The van der Waals surface area contributed by atoms with Gasteiger partial charge in [0.25, 0.3) is 0 Å². The van der Waals surface area contributed by atoms with Crippen LogP contribution in [0.25, 0.3) is 0 Å². The van der Waals surface area contributed by atoms with Gasteiger partial charge in [-0.25, -0.2) is 4.98 Å². The Morgan fingerprint density at radius 2 is 2.05 bits per heavy atom. The minimum absolute atomic E-state index is 0.492. The Morgan fingerprint density at radius 1 is 1.20 bits per heavy atom. The molecule has 0 aliphatic heterocycles. The fraction of sp³-hybridized carbons (Fsp3) is 0.200. The predicted molar refractivity (Wildman–Crippen MR) is 75.8 cm³/mol. The topological polar surface area (TPSA) is 67.2 Å². The normalized spacial score (nSPS) is 9.65. The molecule has 0 saturated heterocycles. The third kappa shape index (κ3) is 2.81. The molecule has 2 aromatic rings. The Labute approximate surface area is 117 Å². The Hall–Kier alpha value is -2.74. The highest BCUT2D eigenvalue weighted by atomic mass is 16.5. The maximum absolute atomic E-state index is 9.15. The smallest absolute Gasteiger partial charge is 0.218 e. The van der Waals surface area contributed by atoms with Crippen LogP contribution in [-0.2, 0) is 6.54 Å². The Morgan fingerprint density at radius 3 is 2.75 bits per heavy atom. The quantitative estimate of drug-likeness (QED) is 0.903. The first-order valence-electron chi connectivity index (χ1n) is 6.09. The van der Waals surface area contributed by atoms with Crippen molar-refractivity contribution in [2.45, 2.75) is 6.54 Å². The molecule has 0 unspecified atom stereocenters. The molecule has 0 atom stereocenters. The number of anilines is 1. The molecule has 1 aromatic heterocycles. The molecule has 0 bridgehead atoms. The van der Waals surface area contributed by atoms with Crippen molar-refractivity contribution in [1.29, 1.82) is 5.26 Å². The molecular weight excluding hydrogens is 254 g/mol. The van der Waals surface area contributed by atoms with Gasteiger partial charge in [0.15, 0.2) is 0 Å². The second-order valence-electron chi connectivity index (χ2n) is 4.02. The van der Waals surface area contributed by atoms with Gasteiger partial charge in [0.1, 0.15) is 11.8 Å². The van der Waals surface area contributed by atoms with Gasteiger partial charge in [-0.05, 0) is 18.2 Å². The number of nitrogens with zero attached hydrogens (tertiary/aromatic N) is 2. The molecule has 1 heterocycles. The lowest BCUT2D eigenvalue weighted by Crippen LogP contribution is -2.05. The number of aromatic nitrogens is 1. The fourth-order valence-corrected chi connectivity index (χ4v) is 1.90. The van der Waals surface area contributed by atoms with Crippen molar-refractivity contribution in [2.75, 3.05) is 19.5 Å². The first-order valence-corrected chi connectivity index (χ1v) is 6.09. The van der Waals surface area contributed by atoms with E-state index in [1.807, 2.05) is 18.2 Å². The van der Waals surface area contributed by atoms with Crippen LogP contribution in [0, 0.1) is 11.3 Å². The Bertz CT molecular complexity index is 635. The highest BCUT2D eigenvalue weighted by Gasteiger charge is 2.10. The summed E-state index contributed by atoms with van der Waals surface area (Å²) in [6.45, 7) is 0.492. The predicted octanol–water partition coefficient (Wildman–Crippen LogP) is 2.58. The van der Waals surface area contributed by atoms with Crippen molar-refractivity contribution in [3.63, 3.8) is 0 Å². The number of nitriles is 1. The van der Waals surface area contributed by atoms with E-state index in [4.69, 9.17) is 14.7 Å². The molecule has 102 valence electrons. The molecule has 5 heteroatoms. The maximum Gasteiger partial charge on any atom is 0.218 e. The van der Waals surface area contributed by atoms with Crippen molar-refractivity contribution in [2.24, 2.45) is 0 Å². The molecule has 20 heavy (non-hydrogen) atoms. The van der Waals surface area contributed by atoms with Crippen LogP contribution < -0.4 is 14.8 Å². The number of ether oxygens (including phenoxy) is 2. The molecule has 0 aliphatic carbocycles. The minimum atomic E-state index is 0.492. The molecule has 2 rings (SSSR count). The molecule has 0 saturated carbocycles. The van der Waals surface area contributed by atoms with Crippen LogP contribution in [-0.4, -0.2) is 19.2 Å². The summed E-state index contributed by atoms with van der Waals surface area (Å²) in [6.07, 6.45) is 1.67. The van der Waals surface area contributed by atoms with Crippen molar-refractivity contribution in [3.8, 4) is 17.7 Å². The maximum atomic E-state index is 9.15. The number of methoxy groups -OCH3 is 2. The molecule has 1 N–H and O–H groups in total. The van der Waals surface area contributed by atoms with E-state index in [2.05, 4.69) is 16.4 Å². The van der Waals surface area contributed by atoms with E-state index in [9.17, 15) is 0 Å². The van der Waals surface area contributed by atoms with Gasteiger partial charge in [-0.15, -0.1) is 0 Å². The lowest BCUT2D eigenvalue weighted by Gasteiger charge is -2.13. The van der Waals surface area contributed by atoms with Crippen molar-refractivity contribution in [3.05, 3.63) is 47.7 Å². The highest BCUT2D eigenvalue weighted by Crippen LogP contribution is 2.28. The van der Waals surface area contributed by atoms with Crippen LogP contribution in [0.3, 0.4) is 0 Å². The fourth-order valence-electron chi connectivity index (χ4n) is 1.90. The van der Waals surface area contributed by atoms with Gasteiger partial charge in [-0.3, -0.25) is 0 Å². The first kappa shape index (κ1) is 13.7. The largest absolute Gasteiger partial charge is 0.495 e. The zero-order chi connectivity index (χ0) is 14.4. The van der Waals surface area contributed by atoms with E-state index >= 15 is 0 Å². The van der Waals surface area contributed by atoms with Crippen LogP contribution >= 0.6 is 0 Å². The molecule has 0 amide bonds. The molecule has 0 radical (unpaired) electrons. The zero-order valence-corrected chi connectivity index (χ0v) is 11.4. The third-order valence-corrected chi connectivity index (χ3v) is 2.87. The summed E-state index contributed by atoms with van der Waals surface area (Å²) in [6, 6.07) is 11.2. The number of nitrogens with one attached hydrogen (secondary N) is 1. The van der Waals surface area contributed by atoms with Crippen LogP contribution in [0.1, 0.15) is 11.1 Å². The van der Waals surface area contributed by atoms with Crippen LogP contribution in [0.2, 0.25) is 0 Å². The standard InChI is InChI=1S/C15H15N3O2/c1-19-13-7-3-5-11(9-16)14(13)18-10-12-6-4-8-17-15(12)20-2/h3-8,18H,10H2,1-2H3. The van der Waals surface area contributed by atoms with E-state index in [0.29, 0.717) is 29.4 Å². The number of rotatable bonds is 5. The van der Waals surface area contributed by atoms with Gasteiger partial charge < -0.3 is 14.8 Å². The van der Waals surface area contributed by atoms with E-state index in [1.165, 1.54) is 0 Å². The summed E-state index contributed by atoms with van der Waals surface area (Å²) in [4.78, 5) is 4.14. The van der Waals surface area contributed by atoms with Crippen LogP contribution in [0.4, 0.5) is 5.69 Å². The van der Waals surface area contributed by atoms with Crippen molar-refractivity contribution < 1.29 is 9.47 Å². The van der Waals surface area contributed by atoms with Gasteiger partial charge in [-0.2, -0.15) is 5.26 Å². The van der Waals surface area contributed by atoms with Gasteiger partial charge in [0, 0.05) is 18.3 Å². The van der Waals surface area contributed by atoms with Gasteiger partial charge >= 0.3 is 0 Å². The van der Waals surface area contributed by atoms with E-state index in [0.717, 1.165) is 5.56 Å². The second kappa shape index (κ2) is 6.43. The second-order valence-corrected chi connectivity index (χ2v) is 4.02. The van der Waals surface area contributed by atoms with Gasteiger partial charge in [0.05, 0.1) is 25.5 Å². The number of para-hydroxylation sites is 1. The van der Waals surface area contributed by atoms with Crippen LogP contribution in [0.15, 0.2) is 36.5 Å². The Kier molecular flexibility index (Phi) is 4.40.